The Hall–Kier alpha value is -0.930. The first-order valence-corrected chi connectivity index (χ1v) is 6.77. The van der Waals surface area contributed by atoms with Gasteiger partial charge in [-0.05, 0) is 56.0 Å². The molecule has 3 heteroatoms. The summed E-state index contributed by atoms with van der Waals surface area (Å²) in [6, 6.07) is 4.92. The van der Waals surface area contributed by atoms with E-state index in [1.807, 2.05) is 13.0 Å². The topological polar surface area (TPSA) is 32.3 Å². The Morgan fingerprint density at radius 1 is 1.33 bits per heavy atom. The van der Waals surface area contributed by atoms with Crippen LogP contribution in [0.5, 0.6) is 0 Å². The largest absolute Gasteiger partial charge is 0.389 e. The zero-order valence-corrected chi connectivity index (χ0v) is 11.0. The van der Waals surface area contributed by atoms with E-state index in [1.54, 1.807) is 6.07 Å². The third-order valence-corrected chi connectivity index (χ3v) is 3.86. The minimum absolute atomic E-state index is 0.176. The number of hydrogen-bond donors (Lipinski definition) is 2. The van der Waals surface area contributed by atoms with Crippen molar-refractivity contribution >= 4 is 0 Å². The molecule has 0 heterocycles. The van der Waals surface area contributed by atoms with E-state index in [1.165, 1.54) is 11.6 Å². The fourth-order valence-corrected chi connectivity index (χ4v) is 2.69. The molecule has 0 spiro atoms. The van der Waals surface area contributed by atoms with Crippen LogP contribution in [0.15, 0.2) is 18.2 Å². The maximum Gasteiger partial charge on any atom is 0.123 e. The predicted molar refractivity (Wildman–Crippen MR) is 71.1 cm³/mol. The van der Waals surface area contributed by atoms with Crippen molar-refractivity contribution in [2.24, 2.45) is 0 Å². The van der Waals surface area contributed by atoms with E-state index in [9.17, 15) is 9.50 Å². The molecule has 0 unspecified atom stereocenters. The van der Waals surface area contributed by atoms with Crippen molar-refractivity contribution in [1.29, 1.82) is 0 Å². The Balaban J connectivity index is 1.75. The molecule has 2 N–H and O–H groups in total. The monoisotopic (exact) mass is 251 g/mol. The number of aryl methyl sites for hydroxylation is 1. The maximum atomic E-state index is 12.9. The molecule has 0 amide bonds. The second-order valence-electron chi connectivity index (χ2n) is 5.43. The van der Waals surface area contributed by atoms with Crippen LogP contribution in [0.25, 0.3) is 0 Å². The van der Waals surface area contributed by atoms with Crippen molar-refractivity contribution in [2.45, 2.75) is 44.6 Å². The van der Waals surface area contributed by atoms with Crippen LogP contribution < -0.4 is 5.32 Å². The highest BCUT2D eigenvalue weighted by molar-refractivity contribution is 5.26. The molecule has 1 saturated carbocycles. The summed E-state index contributed by atoms with van der Waals surface area (Å²) in [6.45, 7) is 3.44. The number of aliphatic hydroxyl groups is 1. The van der Waals surface area contributed by atoms with Crippen molar-refractivity contribution in [3.63, 3.8) is 0 Å². The molecular formula is C15H22FNO. The molecule has 0 atom stereocenters. The van der Waals surface area contributed by atoms with Gasteiger partial charge in [-0.25, -0.2) is 4.39 Å². The van der Waals surface area contributed by atoms with Crippen LogP contribution in [-0.4, -0.2) is 23.8 Å². The Kier molecular flexibility index (Phi) is 4.36. The molecule has 0 saturated heterocycles. The van der Waals surface area contributed by atoms with Gasteiger partial charge in [0.25, 0.3) is 0 Å². The summed E-state index contributed by atoms with van der Waals surface area (Å²) in [5.74, 6) is -0.176. The van der Waals surface area contributed by atoms with Crippen LogP contribution in [0.4, 0.5) is 4.39 Å². The van der Waals surface area contributed by atoms with Crippen LogP contribution in [0.2, 0.25) is 0 Å². The number of hydrogen-bond acceptors (Lipinski definition) is 2. The van der Waals surface area contributed by atoms with Crippen molar-refractivity contribution in [1.82, 2.24) is 5.32 Å². The number of halogens is 1. The summed E-state index contributed by atoms with van der Waals surface area (Å²) in [7, 11) is 0. The van der Waals surface area contributed by atoms with Gasteiger partial charge in [0.15, 0.2) is 0 Å². The van der Waals surface area contributed by atoms with Gasteiger partial charge >= 0.3 is 0 Å². The summed E-state index contributed by atoms with van der Waals surface area (Å²) in [6.07, 6.45) is 4.97. The van der Waals surface area contributed by atoms with E-state index in [0.717, 1.165) is 44.2 Å². The SMILES string of the molecule is Cc1cc(F)ccc1CCNCC1(O)CCCC1. The van der Waals surface area contributed by atoms with Gasteiger partial charge in [-0.3, -0.25) is 0 Å². The van der Waals surface area contributed by atoms with Crippen molar-refractivity contribution in [2.75, 3.05) is 13.1 Å². The van der Waals surface area contributed by atoms with Gasteiger partial charge < -0.3 is 10.4 Å². The van der Waals surface area contributed by atoms with Crippen LogP contribution in [0.3, 0.4) is 0 Å². The molecule has 1 aromatic carbocycles. The minimum atomic E-state index is -0.488. The second kappa shape index (κ2) is 5.81. The Morgan fingerprint density at radius 2 is 2.06 bits per heavy atom. The number of benzene rings is 1. The van der Waals surface area contributed by atoms with Gasteiger partial charge in [0.1, 0.15) is 5.82 Å². The first kappa shape index (κ1) is 13.5. The van der Waals surface area contributed by atoms with Crippen LogP contribution in [0.1, 0.15) is 36.8 Å². The maximum absolute atomic E-state index is 12.9. The standard InChI is InChI=1S/C15H22FNO/c1-12-10-14(16)5-4-13(12)6-9-17-11-15(18)7-2-3-8-15/h4-5,10,17-18H,2-3,6-9,11H2,1H3. The van der Waals surface area contributed by atoms with Crippen molar-refractivity contribution in [3.05, 3.63) is 35.1 Å². The van der Waals surface area contributed by atoms with E-state index in [2.05, 4.69) is 5.32 Å². The Labute approximate surface area is 108 Å². The van der Waals surface area contributed by atoms with E-state index < -0.39 is 5.60 Å². The average Bonchev–Trinajstić information content (AvgIpc) is 2.74. The van der Waals surface area contributed by atoms with Crippen LogP contribution in [-0.2, 0) is 6.42 Å². The zero-order valence-electron chi connectivity index (χ0n) is 11.0. The van der Waals surface area contributed by atoms with Gasteiger partial charge in [-0.2, -0.15) is 0 Å². The number of rotatable bonds is 5. The Morgan fingerprint density at radius 3 is 2.72 bits per heavy atom. The summed E-state index contributed by atoms with van der Waals surface area (Å²) in [4.78, 5) is 0. The van der Waals surface area contributed by atoms with E-state index in [0.29, 0.717) is 6.54 Å². The van der Waals surface area contributed by atoms with Crippen molar-refractivity contribution < 1.29 is 9.50 Å². The molecule has 2 rings (SSSR count). The molecule has 0 aliphatic heterocycles. The summed E-state index contributed by atoms with van der Waals surface area (Å²) < 4.78 is 12.9. The fourth-order valence-electron chi connectivity index (χ4n) is 2.69. The van der Waals surface area contributed by atoms with Gasteiger partial charge in [-0.1, -0.05) is 18.9 Å². The lowest BCUT2D eigenvalue weighted by atomic mass is 10.0. The first-order chi connectivity index (χ1) is 8.59. The van der Waals surface area contributed by atoms with Gasteiger partial charge in [0, 0.05) is 6.54 Å². The summed E-state index contributed by atoms with van der Waals surface area (Å²) in [5.41, 5.74) is 1.68. The van der Waals surface area contributed by atoms with Gasteiger partial charge in [-0.15, -0.1) is 0 Å². The molecule has 0 aromatic heterocycles. The third-order valence-electron chi connectivity index (χ3n) is 3.86. The highest BCUT2D eigenvalue weighted by Crippen LogP contribution is 2.28. The lowest BCUT2D eigenvalue weighted by Gasteiger charge is -2.22. The highest BCUT2D eigenvalue weighted by atomic mass is 19.1. The molecule has 0 bridgehead atoms. The van der Waals surface area contributed by atoms with E-state index in [-0.39, 0.29) is 5.82 Å². The van der Waals surface area contributed by atoms with Crippen LogP contribution in [0, 0.1) is 12.7 Å². The molecule has 1 aliphatic rings. The average molecular weight is 251 g/mol. The smallest absolute Gasteiger partial charge is 0.123 e. The molecule has 1 fully saturated rings. The summed E-state index contributed by atoms with van der Waals surface area (Å²) in [5, 5.41) is 13.5. The van der Waals surface area contributed by atoms with Gasteiger partial charge in [0.2, 0.25) is 0 Å². The van der Waals surface area contributed by atoms with E-state index >= 15 is 0 Å². The normalized spacial score (nSPS) is 18.2. The second-order valence-corrected chi connectivity index (χ2v) is 5.43. The quantitative estimate of drug-likeness (QED) is 0.788. The minimum Gasteiger partial charge on any atom is -0.389 e. The molecular weight excluding hydrogens is 229 g/mol. The Bertz CT molecular complexity index is 399. The molecule has 100 valence electrons. The number of nitrogens with one attached hydrogen (secondary N) is 1. The zero-order chi connectivity index (χ0) is 13.0. The summed E-state index contributed by atoms with van der Waals surface area (Å²) >= 11 is 0. The third kappa shape index (κ3) is 3.53. The molecule has 1 aliphatic carbocycles. The predicted octanol–water partition coefficient (Wildman–Crippen LogP) is 2.57. The molecule has 18 heavy (non-hydrogen) atoms. The molecule has 0 radical (unpaired) electrons. The van der Waals surface area contributed by atoms with Gasteiger partial charge in [0.05, 0.1) is 5.60 Å². The van der Waals surface area contributed by atoms with E-state index in [4.69, 9.17) is 0 Å². The van der Waals surface area contributed by atoms with Crippen LogP contribution >= 0.6 is 0 Å². The first-order valence-electron chi connectivity index (χ1n) is 6.77. The lowest BCUT2D eigenvalue weighted by Crippen LogP contribution is -2.38. The van der Waals surface area contributed by atoms with Crippen molar-refractivity contribution in [3.8, 4) is 0 Å². The molecule has 1 aromatic rings. The highest BCUT2D eigenvalue weighted by Gasteiger charge is 2.30. The fraction of sp³-hybridized carbons (Fsp3) is 0.600. The lowest BCUT2D eigenvalue weighted by molar-refractivity contribution is 0.0481. The molecule has 2 nitrogen and oxygen atoms in total.